The van der Waals surface area contributed by atoms with Gasteiger partial charge in [0.1, 0.15) is 11.3 Å². The van der Waals surface area contributed by atoms with Crippen molar-refractivity contribution in [1.29, 1.82) is 0 Å². The maximum atomic E-state index is 13.0. The number of likely N-dealkylation sites (tertiary alicyclic amines) is 1. The van der Waals surface area contributed by atoms with Crippen LogP contribution < -0.4 is 0 Å². The molecule has 0 bridgehead atoms. The number of nitrogens with zero attached hydrogens (tertiary/aromatic N) is 5. The molecule has 0 spiro atoms. The molecule has 0 unspecified atom stereocenters. The van der Waals surface area contributed by atoms with Gasteiger partial charge in [-0.25, -0.2) is 4.98 Å². The number of amides is 1. The number of aryl methyl sites for hydroxylation is 2. The summed E-state index contributed by atoms with van der Waals surface area (Å²) in [5.74, 6) is -0.0380. The third kappa shape index (κ3) is 2.44. The lowest BCUT2D eigenvalue weighted by Gasteiger charge is -2.23. The van der Waals surface area contributed by atoms with Gasteiger partial charge in [-0.1, -0.05) is 6.07 Å². The molecule has 0 saturated carbocycles. The highest BCUT2D eigenvalue weighted by atomic mass is 16.2. The van der Waals surface area contributed by atoms with Crippen LogP contribution in [0.1, 0.15) is 46.5 Å². The van der Waals surface area contributed by atoms with Crippen molar-refractivity contribution in [3.05, 3.63) is 59.6 Å². The quantitative estimate of drug-likeness (QED) is 0.728. The first-order valence-corrected chi connectivity index (χ1v) is 8.18. The Balaban J connectivity index is 1.68. The summed E-state index contributed by atoms with van der Waals surface area (Å²) in [7, 11) is 0. The second kappa shape index (κ2) is 5.70. The molecule has 1 atom stereocenters. The van der Waals surface area contributed by atoms with Crippen molar-refractivity contribution in [3.63, 3.8) is 0 Å². The average molecular weight is 321 g/mol. The number of fused-ring (bicyclic) bond motifs is 1. The summed E-state index contributed by atoms with van der Waals surface area (Å²) >= 11 is 0. The molecule has 24 heavy (non-hydrogen) atoms. The van der Waals surface area contributed by atoms with E-state index >= 15 is 0 Å². The van der Waals surface area contributed by atoms with Gasteiger partial charge >= 0.3 is 0 Å². The predicted molar refractivity (Wildman–Crippen MR) is 89.7 cm³/mol. The summed E-state index contributed by atoms with van der Waals surface area (Å²) in [6.07, 6.45) is 7.20. The smallest absolute Gasteiger partial charge is 0.274 e. The van der Waals surface area contributed by atoms with E-state index in [0.717, 1.165) is 42.1 Å². The van der Waals surface area contributed by atoms with E-state index in [0.29, 0.717) is 5.69 Å². The van der Waals surface area contributed by atoms with Gasteiger partial charge < -0.3 is 9.30 Å². The van der Waals surface area contributed by atoms with Crippen LogP contribution in [0.5, 0.6) is 0 Å². The van der Waals surface area contributed by atoms with Gasteiger partial charge in [-0.15, -0.1) is 0 Å². The molecule has 4 heterocycles. The van der Waals surface area contributed by atoms with Gasteiger partial charge in [0, 0.05) is 24.6 Å². The zero-order valence-electron chi connectivity index (χ0n) is 13.8. The molecule has 1 saturated heterocycles. The summed E-state index contributed by atoms with van der Waals surface area (Å²) in [5.41, 5.74) is 4.07. The van der Waals surface area contributed by atoms with Crippen molar-refractivity contribution in [3.8, 4) is 0 Å². The largest absolute Gasteiger partial charge is 0.329 e. The Morgan fingerprint density at radius 2 is 2.08 bits per heavy atom. The second-order valence-corrected chi connectivity index (χ2v) is 6.26. The van der Waals surface area contributed by atoms with Gasteiger partial charge in [-0.2, -0.15) is 0 Å². The molecule has 0 aliphatic carbocycles. The summed E-state index contributed by atoms with van der Waals surface area (Å²) < 4.78 is 1.95. The average Bonchev–Trinajstić information content (AvgIpc) is 3.22. The van der Waals surface area contributed by atoms with Gasteiger partial charge in [0.15, 0.2) is 0 Å². The Morgan fingerprint density at radius 3 is 2.88 bits per heavy atom. The Labute approximate surface area is 140 Å². The number of hydrogen-bond donors (Lipinski definition) is 0. The third-order valence-electron chi connectivity index (χ3n) is 4.54. The number of carbonyl (C=O) groups excluding carboxylic acids is 1. The maximum absolute atomic E-state index is 13.0. The highest BCUT2D eigenvalue weighted by Crippen LogP contribution is 2.31. The van der Waals surface area contributed by atoms with E-state index in [1.54, 1.807) is 12.4 Å². The summed E-state index contributed by atoms with van der Waals surface area (Å²) in [6, 6.07) is 5.85. The van der Waals surface area contributed by atoms with E-state index in [9.17, 15) is 4.79 Å². The molecular weight excluding hydrogens is 302 g/mol. The van der Waals surface area contributed by atoms with E-state index in [4.69, 9.17) is 0 Å². The summed E-state index contributed by atoms with van der Waals surface area (Å²) in [5, 5.41) is 0. The lowest BCUT2D eigenvalue weighted by Crippen LogP contribution is -2.31. The van der Waals surface area contributed by atoms with E-state index < -0.39 is 0 Å². The Morgan fingerprint density at radius 1 is 1.21 bits per heavy atom. The summed E-state index contributed by atoms with van der Waals surface area (Å²) in [6.45, 7) is 4.65. The van der Waals surface area contributed by atoms with Crippen LogP contribution in [-0.2, 0) is 0 Å². The van der Waals surface area contributed by atoms with Crippen molar-refractivity contribution in [2.45, 2.75) is 32.7 Å². The highest BCUT2D eigenvalue weighted by molar-refractivity contribution is 5.93. The van der Waals surface area contributed by atoms with Gasteiger partial charge in [0.25, 0.3) is 5.91 Å². The van der Waals surface area contributed by atoms with E-state index in [1.165, 1.54) is 0 Å². The molecule has 122 valence electrons. The van der Waals surface area contributed by atoms with E-state index in [-0.39, 0.29) is 11.9 Å². The molecular formula is C18H19N5O. The topological polar surface area (TPSA) is 63.4 Å². The van der Waals surface area contributed by atoms with Crippen LogP contribution in [0.3, 0.4) is 0 Å². The van der Waals surface area contributed by atoms with E-state index in [1.807, 2.05) is 47.5 Å². The van der Waals surface area contributed by atoms with Crippen LogP contribution in [0.2, 0.25) is 0 Å². The maximum Gasteiger partial charge on any atom is 0.274 e. The second-order valence-electron chi connectivity index (χ2n) is 6.26. The minimum Gasteiger partial charge on any atom is -0.329 e. The first kappa shape index (κ1) is 14.8. The molecule has 0 aromatic carbocycles. The van der Waals surface area contributed by atoms with Gasteiger partial charge in [-0.3, -0.25) is 14.8 Å². The molecule has 3 aromatic heterocycles. The van der Waals surface area contributed by atoms with Gasteiger partial charge in [-0.05, 0) is 38.8 Å². The molecule has 1 amide bonds. The zero-order chi connectivity index (χ0) is 16.7. The number of carbonyl (C=O) groups is 1. The Hall–Kier alpha value is -2.76. The van der Waals surface area contributed by atoms with Crippen LogP contribution in [0.4, 0.5) is 0 Å². The molecule has 0 radical (unpaired) electrons. The van der Waals surface area contributed by atoms with Crippen molar-refractivity contribution < 1.29 is 4.79 Å². The van der Waals surface area contributed by atoms with Crippen LogP contribution in [0.15, 0.2) is 36.8 Å². The van der Waals surface area contributed by atoms with Crippen molar-refractivity contribution in [2.24, 2.45) is 0 Å². The molecule has 1 fully saturated rings. The Bertz CT molecular complexity index is 917. The van der Waals surface area contributed by atoms with Crippen LogP contribution >= 0.6 is 0 Å². The number of rotatable bonds is 2. The van der Waals surface area contributed by atoms with Crippen molar-refractivity contribution in [1.82, 2.24) is 24.3 Å². The van der Waals surface area contributed by atoms with Crippen molar-refractivity contribution >= 4 is 11.6 Å². The predicted octanol–water partition coefficient (Wildman–Crippen LogP) is 2.72. The van der Waals surface area contributed by atoms with Crippen LogP contribution in [0, 0.1) is 13.8 Å². The van der Waals surface area contributed by atoms with Crippen LogP contribution in [-0.4, -0.2) is 36.7 Å². The SMILES string of the molecule is Cc1cncc([C@@H]2CCCN2C(=O)c2cn3c(C)cccc3n2)n1. The van der Waals surface area contributed by atoms with E-state index in [2.05, 4.69) is 15.0 Å². The summed E-state index contributed by atoms with van der Waals surface area (Å²) in [4.78, 5) is 28.2. The first-order chi connectivity index (χ1) is 11.6. The lowest BCUT2D eigenvalue weighted by molar-refractivity contribution is 0.0727. The number of aromatic nitrogens is 4. The Kier molecular flexibility index (Phi) is 3.52. The van der Waals surface area contributed by atoms with Crippen LogP contribution in [0.25, 0.3) is 5.65 Å². The molecule has 1 aliphatic rings. The normalized spacial score (nSPS) is 17.6. The minimum absolute atomic E-state index is 0.0178. The standard InChI is InChI=1S/C18H19N5O/c1-12-9-19-10-14(20-12)16-6-4-8-22(16)18(24)15-11-23-13(2)5-3-7-17(23)21-15/h3,5,7,9-11,16H,4,6,8H2,1-2H3/t16-/m0/s1. The number of imidazole rings is 1. The number of hydrogen-bond acceptors (Lipinski definition) is 4. The van der Waals surface area contributed by atoms with Crippen molar-refractivity contribution in [2.75, 3.05) is 6.54 Å². The number of pyridine rings is 1. The molecule has 0 N–H and O–H groups in total. The molecule has 4 rings (SSSR count). The molecule has 6 heteroatoms. The lowest BCUT2D eigenvalue weighted by atomic mass is 10.1. The fourth-order valence-corrected chi connectivity index (χ4v) is 3.36. The van der Waals surface area contributed by atoms with Gasteiger partial charge in [0.05, 0.1) is 23.6 Å². The fourth-order valence-electron chi connectivity index (χ4n) is 3.36. The highest BCUT2D eigenvalue weighted by Gasteiger charge is 2.32. The first-order valence-electron chi connectivity index (χ1n) is 8.18. The minimum atomic E-state index is -0.0380. The third-order valence-corrected chi connectivity index (χ3v) is 4.54. The fraction of sp³-hybridized carbons (Fsp3) is 0.333. The molecule has 6 nitrogen and oxygen atoms in total. The zero-order valence-corrected chi connectivity index (χ0v) is 13.8. The monoisotopic (exact) mass is 321 g/mol. The molecule has 3 aromatic rings. The molecule has 1 aliphatic heterocycles. The van der Waals surface area contributed by atoms with Gasteiger partial charge in [0.2, 0.25) is 0 Å².